The molecule has 0 atom stereocenters. The lowest BCUT2D eigenvalue weighted by molar-refractivity contribution is 0.0929. The maximum Gasteiger partial charge on any atom is 0.261 e. The van der Waals surface area contributed by atoms with Crippen LogP contribution in [0.25, 0.3) is 0 Å². The van der Waals surface area contributed by atoms with Crippen molar-refractivity contribution in [3.8, 4) is 0 Å². The Morgan fingerprint density at radius 3 is 2.11 bits per heavy atom. The smallest absolute Gasteiger partial charge is 0.261 e. The molecule has 0 aromatic heterocycles. The first kappa shape index (κ1) is 21.9. The topological polar surface area (TPSA) is 78.5 Å². The van der Waals surface area contributed by atoms with Gasteiger partial charge in [0.15, 0.2) is 0 Å². The Labute approximate surface area is 168 Å². The highest BCUT2D eigenvalue weighted by Gasteiger charge is 2.20. The fraction of sp³-hybridized carbons (Fsp3) is 0.381. The Kier molecular flexibility index (Phi) is 6.85. The highest BCUT2D eigenvalue weighted by atomic mass is 32.2. The van der Waals surface area contributed by atoms with Gasteiger partial charge in [0.25, 0.3) is 15.9 Å². The third kappa shape index (κ3) is 6.35. The molecule has 7 heteroatoms. The molecule has 0 heterocycles. The van der Waals surface area contributed by atoms with Crippen LogP contribution >= 0.6 is 0 Å². The lowest BCUT2D eigenvalue weighted by atomic mass is 9.93. The second-order valence-electron chi connectivity index (χ2n) is 8.08. The summed E-state index contributed by atoms with van der Waals surface area (Å²) in [5, 5.41) is 2.92. The molecule has 2 aromatic carbocycles. The summed E-state index contributed by atoms with van der Waals surface area (Å²) in [4.78, 5) is 14.6. The number of rotatable bonds is 8. The van der Waals surface area contributed by atoms with Crippen LogP contribution in [0.5, 0.6) is 0 Å². The number of carbonyl (C=O) groups is 1. The second-order valence-corrected chi connectivity index (χ2v) is 9.76. The zero-order valence-electron chi connectivity index (χ0n) is 17.1. The van der Waals surface area contributed by atoms with Gasteiger partial charge in [0, 0.05) is 24.3 Å². The number of hydrogen-bond donors (Lipinski definition) is 2. The number of benzene rings is 2. The van der Waals surface area contributed by atoms with Gasteiger partial charge in [-0.25, -0.2) is 8.42 Å². The average Bonchev–Trinajstić information content (AvgIpc) is 2.60. The molecule has 0 fully saturated rings. The van der Waals surface area contributed by atoms with Crippen molar-refractivity contribution in [3.63, 3.8) is 0 Å². The number of nitrogens with zero attached hydrogens (tertiary/aromatic N) is 1. The Morgan fingerprint density at radius 1 is 1.00 bits per heavy atom. The first-order chi connectivity index (χ1) is 13.0. The summed E-state index contributed by atoms with van der Waals surface area (Å²) in [6.45, 7) is 7.47. The molecular formula is C21H29N3O3S. The van der Waals surface area contributed by atoms with Crippen molar-refractivity contribution in [3.05, 3.63) is 59.7 Å². The minimum Gasteiger partial charge on any atom is -0.351 e. The standard InChI is InChI=1S/C21H29N3O3S/c1-16-6-10-18(11-7-16)23-28(26,27)19-12-8-17(9-13-19)20(25)22-14-21(2,3)15-24(4)5/h6-13,23H,14-15H2,1-5H3,(H,22,25). The molecule has 2 aromatic rings. The summed E-state index contributed by atoms with van der Waals surface area (Å²) in [7, 11) is 0.282. The fourth-order valence-electron chi connectivity index (χ4n) is 2.95. The molecule has 0 radical (unpaired) electrons. The molecule has 0 unspecified atom stereocenters. The summed E-state index contributed by atoms with van der Waals surface area (Å²) in [5.41, 5.74) is 1.90. The Balaban J connectivity index is 2.03. The average molecular weight is 404 g/mol. The maximum atomic E-state index is 12.5. The van der Waals surface area contributed by atoms with Crippen molar-refractivity contribution in [2.45, 2.75) is 25.7 Å². The van der Waals surface area contributed by atoms with E-state index < -0.39 is 10.0 Å². The molecule has 0 spiro atoms. The molecule has 28 heavy (non-hydrogen) atoms. The molecule has 0 saturated heterocycles. The lowest BCUT2D eigenvalue weighted by Crippen LogP contribution is -2.39. The van der Waals surface area contributed by atoms with Gasteiger partial charge in [0.05, 0.1) is 4.90 Å². The summed E-state index contributed by atoms with van der Waals surface area (Å²) >= 11 is 0. The SMILES string of the molecule is Cc1ccc(NS(=O)(=O)c2ccc(C(=O)NCC(C)(C)CN(C)C)cc2)cc1. The van der Waals surface area contributed by atoms with Gasteiger partial charge >= 0.3 is 0 Å². The number of carbonyl (C=O) groups excluding carboxylic acids is 1. The largest absolute Gasteiger partial charge is 0.351 e. The molecule has 2 N–H and O–H groups in total. The van der Waals surface area contributed by atoms with Crippen LogP contribution in [0, 0.1) is 12.3 Å². The van der Waals surface area contributed by atoms with E-state index in [9.17, 15) is 13.2 Å². The highest BCUT2D eigenvalue weighted by Crippen LogP contribution is 2.18. The van der Waals surface area contributed by atoms with Gasteiger partial charge in [-0.15, -0.1) is 0 Å². The van der Waals surface area contributed by atoms with Crippen LogP contribution in [0.4, 0.5) is 5.69 Å². The number of aryl methyl sites for hydroxylation is 1. The zero-order chi connectivity index (χ0) is 20.9. The number of hydrogen-bond acceptors (Lipinski definition) is 4. The minimum absolute atomic E-state index is 0.0690. The van der Waals surface area contributed by atoms with E-state index in [0.29, 0.717) is 17.8 Å². The van der Waals surface area contributed by atoms with Crippen LogP contribution in [0.2, 0.25) is 0 Å². The van der Waals surface area contributed by atoms with Crippen LogP contribution < -0.4 is 10.0 Å². The fourth-order valence-corrected chi connectivity index (χ4v) is 4.01. The molecule has 152 valence electrons. The molecular weight excluding hydrogens is 374 g/mol. The molecule has 6 nitrogen and oxygen atoms in total. The third-order valence-corrected chi connectivity index (χ3v) is 5.60. The van der Waals surface area contributed by atoms with E-state index in [-0.39, 0.29) is 16.2 Å². The van der Waals surface area contributed by atoms with Crippen LogP contribution in [0.3, 0.4) is 0 Å². The second kappa shape index (κ2) is 8.75. The van der Waals surface area contributed by atoms with Crippen molar-refractivity contribution in [2.75, 3.05) is 31.9 Å². The van der Waals surface area contributed by atoms with Gasteiger partial charge in [0.1, 0.15) is 0 Å². The Hall–Kier alpha value is -2.38. The molecule has 0 bridgehead atoms. The summed E-state index contributed by atoms with van der Waals surface area (Å²) in [6, 6.07) is 13.0. The predicted molar refractivity (Wildman–Crippen MR) is 113 cm³/mol. The highest BCUT2D eigenvalue weighted by molar-refractivity contribution is 7.92. The van der Waals surface area contributed by atoms with E-state index in [0.717, 1.165) is 12.1 Å². The first-order valence-corrected chi connectivity index (χ1v) is 10.6. The number of amides is 1. The van der Waals surface area contributed by atoms with E-state index in [2.05, 4.69) is 28.8 Å². The molecule has 2 rings (SSSR count). The molecule has 1 amide bonds. The first-order valence-electron chi connectivity index (χ1n) is 9.11. The van der Waals surface area contributed by atoms with Gasteiger partial charge < -0.3 is 10.2 Å². The van der Waals surface area contributed by atoms with E-state index in [1.54, 1.807) is 12.1 Å². The van der Waals surface area contributed by atoms with Gasteiger partial charge in [0.2, 0.25) is 0 Å². The summed E-state index contributed by atoms with van der Waals surface area (Å²) < 4.78 is 27.6. The minimum atomic E-state index is -3.70. The number of sulfonamides is 1. The maximum absolute atomic E-state index is 12.5. The van der Waals surface area contributed by atoms with Gasteiger partial charge in [-0.05, 0) is 62.8 Å². The monoisotopic (exact) mass is 403 g/mol. The van der Waals surface area contributed by atoms with Crippen LogP contribution in [-0.4, -0.2) is 46.4 Å². The van der Waals surface area contributed by atoms with Gasteiger partial charge in [-0.2, -0.15) is 0 Å². The molecule has 0 saturated carbocycles. The predicted octanol–water partition coefficient (Wildman–Crippen LogP) is 3.11. The van der Waals surface area contributed by atoms with E-state index in [4.69, 9.17) is 0 Å². The quantitative estimate of drug-likeness (QED) is 0.710. The molecule has 0 aliphatic heterocycles. The molecule has 0 aliphatic carbocycles. The van der Waals surface area contributed by atoms with Gasteiger partial charge in [-0.3, -0.25) is 9.52 Å². The van der Waals surface area contributed by atoms with E-state index in [1.807, 2.05) is 33.2 Å². The third-order valence-electron chi connectivity index (χ3n) is 4.20. The van der Waals surface area contributed by atoms with Gasteiger partial charge in [-0.1, -0.05) is 31.5 Å². The lowest BCUT2D eigenvalue weighted by Gasteiger charge is -2.28. The van der Waals surface area contributed by atoms with E-state index >= 15 is 0 Å². The van der Waals surface area contributed by atoms with Crippen molar-refractivity contribution in [1.29, 1.82) is 0 Å². The van der Waals surface area contributed by atoms with Crippen molar-refractivity contribution in [2.24, 2.45) is 5.41 Å². The number of anilines is 1. The molecule has 0 aliphatic rings. The van der Waals surface area contributed by atoms with Crippen LogP contribution in [0.1, 0.15) is 29.8 Å². The summed E-state index contributed by atoms with van der Waals surface area (Å²) in [6.07, 6.45) is 0. The normalized spacial score (nSPS) is 12.1. The van der Waals surface area contributed by atoms with Crippen molar-refractivity contribution in [1.82, 2.24) is 10.2 Å². The Morgan fingerprint density at radius 2 is 1.57 bits per heavy atom. The van der Waals surface area contributed by atoms with Crippen molar-refractivity contribution < 1.29 is 13.2 Å². The van der Waals surface area contributed by atoms with Crippen LogP contribution in [-0.2, 0) is 10.0 Å². The number of nitrogens with one attached hydrogen (secondary N) is 2. The van der Waals surface area contributed by atoms with Crippen LogP contribution in [0.15, 0.2) is 53.4 Å². The van der Waals surface area contributed by atoms with Crippen molar-refractivity contribution >= 4 is 21.6 Å². The Bertz CT molecular complexity index is 903. The summed E-state index contributed by atoms with van der Waals surface area (Å²) in [5.74, 6) is -0.220. The zero-order valence-corrected chi connectivity index (χ0v) is 17.9. The van der Waals surface area contributed by atoms with E-state index in [1.165, 1.54) is 24.3 Å².